The van der Waals surface area contributed by atoms with E-state index < -0.39 is 6.10 Å². The molecule has 0 spiro atoms. The topological polar surface area (TPSA) is 20.2 Å². The van der Waals surface area contributed by atoms with Crippen molar-refractivity contribution in [2.24, 2.45) is 0 Å². The number of allylic oxidation sites excluding steroid dienone is 6. The summed E-state index contributed by atoms with van der Waals surface area (Å²) in [4.78, 5) is 0. The van der Waals surface area contributed by atoms with Crippen molar-refractivity contribution in [2.75, 3.05) is 0 Å². The van der Waals surface area contributed by atoms with Crippen LogP contribution in [0.1, 0.15) is 187 Å². The third-order valence-electron chi connectivity index (χ3n) is 7.77. The molecule has 0 aromatic heterocycles. The summed E-state index contributed by atoms with van der Waals surface area (Å²) in [5.41, 5.74) is 0. The van der Waals surface area contributed by atoms with E-state index in [1.165, 1.54) is 167 Å². The fourth-order valence-electron chi connectivity index (χ4n) is 5.12. The highest BCUT2D eigenvalue weighted by Crippen LogP contribution is 2.14. The molecule has 0 radical (unpaired) electrons. The number of hydrogen-bond acceptors (Lipinski definition) is 1. The summed E-state index contributed by atoms with van der Waals surface area (Å²) < 4.78 is 0. The van der Waals surface area contributed by atoms with Crippen molar-refractivity contribution in [1.29, 1.82) is 0 Å². The number of terminal acetylenes is 1. The van der Waals surface area contributed by atoms with Gasteiger partial charge in [0.2, 0.25) is 0 Å². The van der Waals surface area contributed by atoms with Crippen LogP contribution in [-0.4, -0.2) is 11.2 Å². The first-order valence-corrected chi connectivity index (χ1v) is 17.4. The molecular formula is C38H68O. The van der Waals surface area contributed by atoms with Crippen molar-refractivity contribution in [3.05, 3.63) is 36.5 Å². The quantitative estimate of drug-likeness (QED) is 0.0526. The normalized spacial score (nSPS) is 12.7. The van der Waals surface area contributed by atoms with Gasteiger partial charge in [0, 0.05) is 0 Å². The van der Waals surface area contributed by atoms with Gasteiger partial charge in [-0.3, -0.25) is 0 Å². The van der Waals surface area contributed by atoms with Crippen LogP contribution in [0.2, 0.25) is 0 Å². The first kappa shape index (κ1) is 37.7. The number of hydrogen-bond donors (Lipinski definition) is 1. The SMILES string of the molecule is C#CC(O)CCCCCCCCCC=CCCC=CCCC=CCCCCCCCCCCCCCCCC. The number of unbranched alkanes of at least 4 members (excludes halogenated alkanes) is 23. The number of aliphatic hydroxyl groups excluding tert-OH is 1. The van der Waals surface area contributed by atoms with Gasteiger partial charge in [0.15, 0.2) is 0 Å². The van der Waals surface area contributed by atoms with Gasteiger partial charge in [-0.15, -0.1) is 6.42 Å². The average Bonchev–Trinajstić information content (AvgIpc) is 2.95. The van der Waals surface area contributed by atoms with E-state index >= 15 is 0 Å². The average molecular weight is 541 g/mol. The minimum absolute atomic E-state index is 0.539. The molecule has 1 unspecified atom stereocenters. The molecule has 1 heteroatoms. The maximum absolute atomic E-state index is 9.32. The minimum atomic E-state index is -0.539. The maximum atomic E-state index is 9.32. The van der Waals surface area contributed by atoms with Gasteiger partial charge < -0.3 is 5.11 Å². The van der Waals surface area contributed by atoms with Crippen molar-refractivity contribution in [3.63, 3.8) is 0 Å². The van der Waals surface area contributed by atoms with Crippen molar-refractivity contribution in [3.8, 4) is 12.3 Å². The molecule has 0 bridgehead atoms. The second-order valence-electron chi connectivity index (χ2n) is 11.7. The second kappa shape index (κ2) is 34.8. The summed E-state index contributed by atoms with van der Waals surface area (Å²) in [5, 5.41) is 9.32. The van der Waals surface area contributed by atoms with Gasteiger partial charge in [-0.2, -0.15) is 0 Å². The third-order valence-corrected chi connectivity index (χ3v) is 7.77. The van der Waals surface area contributed by atoms with Crippen molar-refractivity contribution >= 4 is 0 Å². The Balaban J connectivity index is 3.23. The lowest BCUT2D eigenvalue weighted by Crippen LogP contribution is -2.01. The molecular weight excluding hydrogens is 472 g/mol. The van der Waals surface area contributed by atoms with E-state index in [1.807, 2.05) is 0 Å². The molecule has 0 aliphatic rings. The van der Waals surface area contributed by atoms with E-state index in [0.717, 1.165) is 12.8 Å². The van der Waals surface area contributed by atoms with Crippen molar-refractivity contribution < 1.29 is 5.11 Å². The van der Waals surface area contributed by atoms with Crippen LogP contribution in [-0.2, 0) is 0 Å². The Labute approximate surface area is 246 Å². The van der Waals surface area contributed by atoms with Crippen LogP contribution in [0, 0.1) is 12.3 Å². The van der Waals surface area contributed by atoms with Gasteiger partial charge in [0.1, 0.15) is 6.10 Å². The van der Waals surface area contributed by atoms with E-state index in [0.29, 0.717) is 0 Å². The molecule has 0 rings (SSSR count). The highest BCUT2D eigenvalue weighted by atomic mass is 16.3. The fourth-order valence-corrected chi connectivity index (χ4v) is 5.12. The smallest absolute Gasteiger partial charge is 0.114 e. The molecule has 0 saturated heterocycles. The second-order valence-corrected chi connectivity index (χ2v) is 11.7. The molecule has 0 fully saturated rings. The lowest BCUT2D eigenvalue weighted by molar-refractivity contribution is 0.217. The molecule has 0 aliphatic carbocycles. The zero-order valence-electron chi connectivity index (χ0n) is 26.4. The molecule has 1 N–H and O–H groups in total. The van der Waals surface area contributed by atoms with E-state index in [-0.39, 0.29) is 0 Å². The van der Waals surface area contributed by atoms with Gasteiger partial charge in [0.25, 0.3) is 0 Å². The van der Waals surface area contributed by atoms with Gasteiger partial charge in [-0.25, -0.2) is 0 Å². The van der Waals surface area contributed by atoms with Crippen LogP contribution in [0.15, 0.2) is 36.5 Å². The summed E-state index contributed by atoms with van der Waals surface area (Å²) in [6.07, 6.45) is 55.8. The summed E-state index contributed by atoms with van der Waals surface area (Å²) in [6, 6.07) is 0. The Kier molecular flexibility index (Phi) is 33.6. The maximum Gasteiger partial charge on any atom is 0.114 e. The largest absolute Gasteiger partial charge is 0.380 e. The molecule has 0 aromatic rings. The van der Waals surface area contributed by atoms with Crippen LogP contribution in [0.25, 0.3) is 0 Å². The highest BCUT2D eigenvalue weighted by molar-refractivity contribution is 4.93. The molecule has 0 aliphatic heterocycles. The van der Waals surface area contributed by atoms with E-state index in [9.17, 15) is 5.11 Å². The van der Waals surface area contributed by atoms with Gasteiger partial charge in [0.05, 0.1) is 0 Å². The third kappa shape index (κ3) is 34.7. The monoisotopic (exact) mass is 541 g/mol. The summed E-state index contributed by atoms with van der Waals surface area (Å²) in [6.45, 7) is 2.30. The van der Waals surface area contributed by atoms with Crippen LogP contribution < -0.4 is 0 Å². The summed E-state index contributed by atoms with van der Waals surface area (Å²) in [7, 11) is 0. The lowest BCUT2D eigenvalue weighted by atomic mass is 10.0. The first-order chi connectivity index (χ1) is 19.3. The number of aliphatic hydroxyl groups is 1. The molecule has 0 saturated carbocycles. The predicted molar refractivity (Wildman–Crippen MR) is 177 cm³/mol. The Morgan fingerprint density at radius 1 is 0.436 bits per heavy atom. The molecule has 1 atom stereocenters. The van der Waals surface area contributed by atoms with Crippen LogP contribution in [0.3, 0.4) is 0 Å². The zero-order valence-corrected chi connectivity index (χ0v) is 26.4. The highest BCUT2D eigenvalue weighted by Gasteiger charge is 1.98. The Hall–Kier alpha value is -1.26. The Morgan fingerprint density at radius 3 is 1.05 bits per heavy atom. The van der Waals surface area contributed by atoms with Crippen molar-refractivity contribution in [1.82, 2.24) is 0 Å². The fraction of sp³-hybridized carbons (Fsp3) is 0.789. The Morgan fingerprint density at radius 2 is 0.718 bits per heavy atom. The molecule has 226 valence electrons. The summed E-state index contributed by atoms with van der Waals surface area (Å²) >= 11 is 0. The van der Waals surface area contributed by atoms with E-state index in [4.69, 9.17) is 6.42 Å². The van der Waals surface area contributed by atoms with E-state index in [2.05, 4.69) is 49.3 Å². The summed E-state index contributed by atoms with van der Waals surface area (Å²) in [5.74, 6) is 2.38. The van der Waals surface area contributed by atoms with Crippen molar-refractivity contribution in [2.45, 2.75) is 193 Å². The lowest BCUT2D eigenvalue weighted by Gasteiger charge is -2.03. The molecule has 0 aromatic carbocycles. The number of rotatable bonds is 31. The standard InChI is InChI=1S/C38H68O/c1-3-5-6-7-8-9-10-11-12-13-14-15-16-17-18-19-20-21-22-23-24-25-26-27-28-29-30-31-32-33-34-35-36-37-38(39)4-2/h2,19-20,23-24,27-28,38-39H,3,5-18,21-22,25-26,29-37H2,1H3. The zero-order chi connectivity index (χ0) is 28.3. The van der Waals surface area contributed by atoms with Crippen LogP contribution in [0.5, 0.6) is 0 Å². The van der Waals surface area contributed by atoms with Gasteiger partial charge >= 0.3 is 0 Å². The van der Waals surface area contributed by atoms with E-state index in [1.54, 1.807) is 0 Å². The van der Waals surface area contributed by atoms with Crippen LogP contribution >= 0.6 is 0 Å². The minimum Gasteiger partial charge on any atom is -0.380 e. The molecule has 0 amide bonds. The molecule has 0 heterocycles. The molecule has 39 heavy (non-hydrogen) atoms. The first-order valence-electron chi connectivity index (χ1n) is 17.4. The molecule has 1 nitrogen and oxygen atoms in total. The van der Waals surface area contributed by atoms with Gasteiger partial charge in [-0.1, -0.05) is 165 Å². The Bertz CT molecular complexity index is 578. The predicted octanol–water partition coefficient (Wildman–Crippen LogP) is 12.6. The van der Waals surface area contributed by atoms with Crippen LogP contribution in [0.4, 0.5) is 0 Å². The van der Waals surface area contributed by atoms with Gasteiger partial charge in [-0.05, 0) is 64.2 Å².